The predicted octanol–water partition coefficient (Wildman–Crippen LogP) is 6.80. The van der Waals surface area contributed by atoms with Gasteiger partial charge in [0.05, 0.1) is 0 Å². The van der Waals surface area contributed by atoms with E-state index in [9.17, 15) is 0 Å². The number of halogens is 5. The van der Waals surface area contributed by atoms with Gasteiger partial charge in [-0.2, -0.15) is 0 Å². The van der Waals surface area contributed by atoms with Crippen LogP contribution < -0.4 is 0 Å². The molecule has 15 heavy (non-hydrogen) atoms. The fourth-order valence-corrected chi connectivity index (χ4v) is 2.14. The molecule has 0 rings (SSSR count). The predicted molar refractivity (Wildman–Crippen MR) is 80.8 cm³/mol. The highest BCUT2D eigenvalue weighted by Gasteiger charge is 2.24. The molecule has 0 atom stereocenters. The van der Waals surface area contributed by atoms with Crippen LogP contribution in [0.5, 0.6) is 0 Å². The summed E-state index contributed by atoms with van der Waals surface area (Å²) in [7, 11) is 1.77. The van der Waals surface area contributed by atoms with Gasteiger partial charge in [0.1, 0.15) is 0 Å². The van der Waals surface area contributed by atoms with E-state index in [1.165, 1.54) is 6.42 Å². The van der Waals surface area contributed by atoms with Crippen molar-refractivity contribution in [1.82, 2.24) is 0 Å². The van der Waals surface area contributed by atoms with E-state index in [4.69, 9.17) is 46.4 Å². The fraction of sp³-hybridized carbons (Fsp3) is 1.00. The molecule has 0 aliphatic rings. The van der Waals surface area contributed by atoms with Crippen LogP contribution in [-0.4, -0.2) is 8.00 Å². The summed E-state index contributed by atoms with van der Waals surface area (Å²) in [6.45, 7) is 11.4. The van der Waals surface area contributed by atoms with Crippen molar-refractivity contribution in [2.45, 2.75) is 49.0 Å². The third-order valence-corrected chi connectivity index (χ3v) is 4.36. The Morgan fingerprint density at radius 3 is 1.27 bits per heavy atom. The van der Waals surface area contributed by atoms with E-state index < -0.39 is 3.25 Å². The summed E-state index contributed by atoms with van der Waals surface area (Å²) < 4.78 is -1.25. The van der Waals surface area contributed by atoms with Crippen LogP contribution in [0.1, 0.15) is 41.0 Å². The zero-order chi connectivity index (χ0) is 12.9. The molecule has 94 valence electrons. The maximum Gasteiger partial charge on any atom is 0.266 e. The van der Waals surface area contributed by atoms with Gasteiger partial charge in [-0.15, -0.1) is 0 Å². The molecule has 0 unspecified atom stereocenters. The molecule has 0 aromatic rings. The first kappa shape index (κ1) is 19.3. The van der Waals surface area contributed by atoms with Gasteiger partial charge >= 0.3 is 0 Å². The van der Waals surface area contributed by atoms with Crippen molar-refractivity contribution in [2.75, 3.05) is 0 Å². The summed E-state index contributed by atoms with van der Waals surface area (Å²) >= 11 is 22.7. The minimum atomic E-state index is -1.61. The largest absolute Gasteiger partial charge is 0.266 e. The van der Waals surface area contributed by atoms with E-state index in [0.29, 0.717) is 10.2 Å². The molecule has 0 radical (unpaired) electrons. The van der Waals surface area contributed by atoms with Crippen molar-refractivity contribution >= 4 is 71.4 Å². The fourth-order valence-electron chi connectivity index (χ4n) is 1.30. The van der Waals surface area contributed by atoms with Crippen LogP contribution in [0.2, 0.25) is 0 Å². The normalized spacial score (nSPS) is 13.2. The number of hydrogen-bond donors (Lipinski definition) is 0. The lowest BCUT2D eigenvalue weighted by Gasteiger charge is -2.29. The Hall–Kier alpha value is 1.99. The Morgan fingerprint density at radius 2 is 1.20 bits per heavy atom. The molecule has 0 aliphatic carbocycles. The maximum absolute atomic E-state index is 4.83. The van der Waals surface area contributed by atoms with Crippen molar-refractivity contribution in [1.29, 1.82) is 0 Å². The standard InChI is InChI=1S/C8H17BrS.CCl4/c1-7(2,3)6-8(4,5)10-9;2-1(3,4)5/h6H2,1-5H3;. The highest BCUT2D eigenvalue weighted by Crippen LogP contribution is 2.39. The average molecular weight is 379 g/mol. The van der Waals surface area contributed by atoms with Crippen LogP contribution in [-0.2, 0) is 0 Å². The van der Waals surface area contributed by atoms with E-state index in [0.717, 1.165) is 0 Å². The van der Waals surface area contributed by atoms with E-state index in [2.05, 4.69) is 49.4 Å². The first-order chi connectivity index (χ1) is 6.27. The topological polar surface area (TPSA) is 0 Å². The lowest BCUT2D eigenvalue weighted by atomic mass is 9.86. The second kappa shape index (κ2) is 7.43. The minimum absolute atomic E-state index is 0.359. The summed E-state index contributed by atoms with van der Waals surface area (Å²) in [6.07, 6.45) is 1.23. The Bertz CT molecular complexity index is 166. The Morgan fingerprint density at radius 1 is 0.933 bits per heavy atom. The Kier molecular flexibility index (Phi) is 9.58. The summed E-state index contributed by atoms with van der Waals surface area (Å²) in [4.78, 5) is 0. The maximum atomic E-state index is 4.83. The molecule has 0 fully saturated rings. The lowest BCUT2D eigenvalue weighted by Crippen LogP contribution is -2.21. The van der Waals surface area contributed by atoms with Gasteiger partial charge in [0.15, 0.2) is 0 Å². The van der Waals surface area contributed by atoms with E-state index >= 15 is 0 Å². The molecule has 0 spiro atoms. The van der Waals surface area contributed by atoms with Crippen LogP contribution >= 0.6 is 71.4 Å². The first-order valence-electron chi connectivity index (χ1n) is 4.32. The van der Waals surface area contributed by atoms with Crippen LogP contribution in [0.25, 0.3) is 0 Å². The molecule has 6 heteroatoms. The molecule has 0 saturated carbocycles. The van der Waals surface area contributed by atoms with E-state index in [1.807, 2.05) is 0 Å². The van der Waals surface area contributed by atoms with Crippen LogP contribution in [0.4, 0.5) is 0 Å². The molecule has 0 aromatic carbocycles. The van der Waals surface area contributed by atoms with Gasteiger partial charge in [-0.3, -0.25) is 0 Å². The summed E-state index contributed by atoms with van der Waals surface area (Å²) in [5.74, 6) is 0. The third kappa shape index (κ3) is 25.9. The third-order valence-electron chi connectivity index (χ3n) is 1.16. The molecule has 0 aliphatic heterocycles. The highest BCUT2D eigenvalue weighted by molar-refractivity contribution is 9.50. The number of rotatable bonds is 2. The summed E-state index contributed by atoms with van der Waals surface area (Å²) in [5.41, 5.74) is 0.435. The molecule has 0 bridgehead atoms. The smallest absolute Gasteiger partial charge is 0.0773 e. The van der Waals surface area contributed by atoms with E-state index in [1.54, 1.807) is 10.2 Å². The van der Waals surface area contributed by atoms with Gasteiger partial charge in [-0.25, -0.2) is 0 Å². The second-order valence-corrected chi connectivity index (χ2v) is 10.7. The average Bonchev–Trinajstić information content (AvgIpc) is 1.77. The van der Waals surface area contributed by atoms with Crippen molar-refractivity contribution in [3.8, 4) is 0 Å². The number of hydrogen-bond acceptors (Lipinski definition) is 1. The zero-order valence-electron chi connectivity index (χ0n) is 9.51. The van der Waals surface area contributed by atoms with Crippen molar-refractivity contribution < 1.29 is 0 Å². The number of alkyl halides is 4. The van der Waals surface area contributed by atoms with Gasteiger partial charge in [-0.05, 0) is 40.5 Å². The van der Waals surface area contributed by atoms with Crippen LogP contribution in [0.3, 0.4) is 0 Å². The van der Waals surface area contributed by atoms with Gasteiger partial charge < -0.3 is 0 Å². The zero-order valence-corrected chi connectivity index (χ0v) is 14.9. The van der Waals surface area contributed by atoms with Crippen molar-refractivity contribution in [3.05, 3.63) is 0 Å². The molecule has 0 aromatic heterocycles. The first-order valence-corrected chi connectivity index (χ1v) is 8.49. The van der Waals surface area contributed by atoms with Crippen molar-refractivity contribution in [2.24, 2.45) is 5.41 Å². The van der Waals surface area contributed by atoms with Gasteiger partial charge in [-0.1, -0.05) is 77.4 Å². The van der Waals surface area contributed by atoms with Crippen LogP contribution in [0, 0.1) is 5.41 Å². The summed E-state index contributed by atoms with van der Waals surface area (Å²) in [5, 5.41) is 0. The minimum Gasteiger partial charge on any atom is -0.0773 e. The molecule has 0 N–H and O–H groups in total. The van der Waals surface area contributed by atoms with Gasteiger partial charge in [0.25, 0.3) is 3.25 Å². The molecular weight excluding hydrogens is 362 g/mol. The molecule has 0 heterocycles. The van der Waals surface area contributed by atoms with Gasteiger partial charge in [0.2, 0.25) is 0 Å². The monoisotopic (exact) mass is 376 g/mol. The Balaban J connectivity index is 0. The van der Waals surface area contributed by atoms with E-state index in [-0.39, 0.29) is 0 Å². The molecular formula is C9H17BrCl4S. The quantitative estimate of drug-likeness (QED) is 0.476. The van der Waals surface area contributed by atoms with Gasteiger partial charge in [0, 0.05) is 4.75 Å². The lowest BCUT2D eigenvalue weighted by molar-refractivity contribution is 0.340. The molecule has 0 nitrogen and oxygen atoms in total. The second-order valence-electron chi connectivity index (χ2n) is 5.00. The highest BCUT2D eigenvalue weighted by atomic mass is 79.9. The molecule has 0 saturated heterocycles. The summed E-state index contributed by atoms with van der Waals surface area (Å²) in [6, 6.07) is 0. The molecule has 0 amide bonds. The van der Waals surface area contributed by atoms with Crippen LogP contribution in [0.15, 0.2) is 0 Å². The van der Waals surface area contributed by atoms with Crippen molar-refractivity contribution in [3.63, 3.8) is 0 Å². The SMILES string of the molecule is CC(C)(C)CC(C)(C)SBr.ClC(Cl)(Cl)Cl. The Labute approximate surface area is 125 Å².